The average molecular weight is 239 g/mol. The summed E-state index contributed by atoms with van der Waals surface area (Å²) in [4.78, 5) is 10.8. The lowest BCUT2D eigenvalue weighted by molar-refractivity contribution is -0.118. The van der Waals surface area contributed by atoms with Crippen LogP contribution in [0, 0.1) is 0 Å². The van der Waals surface area contributed by atoms with E-state index in [1.807, 2.05) is 0 Å². The molecule has 17 heavy (non-hydrogen) atoms. The largest absolute Gasteiger partial charge is 0.493 e. The van der Waals surface area contributed by atoms with Gasteiger partial charge in [0.15, 0.2) is 11.5 Å². The minimum Gasteiger partial charge on any atom is -0.493 e. The summed E-state index contributed by atoms with van der Waals surface area (Å²) in [5, 5.41) is 2.99. The van der Waals surface area contributed by atoms with Gasteiger partial charge in [0.1, 0.15) is 6.04 Å². The van der Waals surface area contributed by atoms with E-state index >= 15 is 0 Å². The summed E-state index contributed by atoms with van der Waals surface area (Å²) in [6.45, 7) is 0.269. The van der Waals surface area contributed by atoms with Crippen LogP contribution in [0.15, 0.2) is 18.2 Å². The maximum Gasteiger partial charge on any atom is 0.236 e. The Labute approximate surface area is 99.9 Å². The summed E-state index contributed by atoms with van der Waals surface area (Å²) in [5.41, 5.74) is 11.3. The van der Waals surface area contributed by atoms with Gasteiger partial charge in [-0.3, -0.25) is 4.79 Å². The van der Waals surface area contributed by atoms with Crippen LogP contribution >= 0.6 is 0 Å². The molecule has 1 aromatic rings. The quantitative estimate of drug-likeness (QED) is 0.645. The second kappa shape index (κ2) is 5.95. The van der Waals surface area contributed by atoms with Gasteiger partial charge in [0.05, 0.1) is 14.2 Å². The fourth-order valence-corrected chi connectivity index (χ4v) is 1.27. The first kappa shape index (κ1) is 13.1. The van der Waals surface area contributed by atoms with Gasteiger partial charge < -0.3 is 26.3 Å². The number of primary amides is 1. The van der Waals surface area contributed by atoms with Crippen LogP contribution in [0.1, 0.15) is 0 Å². The number of benzene rings is 1. The molecule has 0 aliphatic heterocycles. The predicted molar refractivity (Wildman–Crippen MR) is 65.2 cm³/mol. The Bertz CT molecular complexity index is 396. The van der Waals surface area contributed by atoms with Crippen LogP contribution < -0.4 is 26.3 Å². The Kier molecular flexibility index (Phi) is 4.59. The van der Waals surface area contributed by atoms with Crippen molar-refractivity contribution in [2.24, 2.45) is 11.5 Å². The van der Waals surface area contributed by atoms with Gasteiger partial charge in [-0.15, -0.1) is 0 Å². The molecule has 0 heterocycles. The number of carbonyl (C=O) groups is 1. The van der Waals surface area contributed by atoms with E-state index in [0.717, 1.165) is 5.69 Å². The molecule has 5 N–H and O–H groups in total. The Balaban J connectivity index is 2.69. The van der Waals surface area contributed by atoms with Crippen molar-refractivity contribution >= 4 is 11.6 Å². The first-order chi connectivity index (χ1) is 8.08. The third-order valence-electron chi connectivity index (χ3n) is 2.28. The minimum atomic E-state index is -0.719. The lowest BCUT2D eigenvalue weighted by Crippen LogP contribution is -2.41. The molecule has 6 nitrogen and oxygen atoms in total. The summed E-state index contributed by atoms with van der Waals surface area (Å²) in [6.07, 6.45) is 0. The number of ether oxygens (including phenoxy) is 2. The molecule has 0 saturated heterocycles. The molecule has 1 atom stereocenters. The van der Waals surface area contributed by atoms with E-state index < -0.39 is 11.9 Å². The van der Waals surface area contributed by atoms with Gasteiger partial charge in [-0.1, -0.05) is 0 Å². The van der Waals surface area contributed by atoms with Gasteiger partial charge in [0, 0.05) is 18.3 Å². The zero-order valence-corrected chi connectivity index (χ0v) is 9.90. The molecule has 0 aliphatic rings. The van der Waals surface area contributed by atoms with Crippen LogP contribution in [0.2, 0.25) is 0 Å². The number of nitrogens with one attached hydrogen (secondary N) is 1. The van der Waals surface area contributed by atoms with Gasteiger partial charge >= 0.3 is 0 Å². The van der Waals surface area contributed by atoms with Gasteiger partial charge in [0.25, 0.3) is 0 Å². The summed E-state index contributed by atoms with van der Waals surface area (Å²) in [5.74, 6) is 0.695. The zero-order chi connectivity index (χ0) is 12.8. The number of methoxy groups -OCH3 is 2. The molecule has 0 fully saturated rings. The molecular formula is C11H17N3O3. The van der Waals surface area contributed by atoms with Crippen LogP contribution in [0.5, 0.6) is 11.5 Å². The van der Waals surface area contributed by atoms with Crippen LogP contribution in [-0.4, -0.2) is 32.7 Å². The Morgan fingerprint density at radius 2 is 2.00 bits per heavy atom. The topological polar surface area (TPSA) is 99.6 Å². The van der Waals surface area contributed by atoms with Crippen molar-refractivity contribution in [1.82, 2.24) is 0 Å². The Morgan fingerprint density at radius 3 is 2.53 bits per heavy atom. The molecule has 1 rings (SSSR count). The van der Waals surface area contributed by atoms with Crippen molar-refractivity contribution in [3.8, 4) is 11.5 Å². The van der Waals surface area contributed by atoms with Crippen LogP contribution in [-0.2, 0) is 4.79 Å². The SMILES string of the molecule is COc1ccc(NCC(N)C(N)=O)cc1OC. The molecule has 0 aromatic heterocycles. The third-order valence-corrected chi connectivity index (χ3v) is 2.28. The lowest BCUT2D eigenvalue weighted by atomic mass is 10.2. The smallest absolute Gasteiger partial charge is 0.236 e. The molecule has 0 radical (unpaired) electrons. The monoisotopic (exact) mass is 239 g/mol. The number of rotatable bonds is 6. The highest BCUT2D eigenvalue weighted by atomic mass is 16.5. The second-order valence-electron chi connectivity index (χ2n) is 3.46. The molecule has 0 saturated carbocycles. The average Bonchev–Trinajstić information content (AvgIpc) is 2.35. The van der Waals surface area contributed by atoms with Crippen molar-refractivity contribution in [3.63, 3.8) is 0 Å². The maximum absolute atomic E-state index is 10.8. The Hall–Kier alpha value is -1.95. The van der Waals surface area contributed by atoms with E-state index in [0.29, 0.717) is 11.5 Å². The first-order valence-corrected chi connectivity index (χ1v) is 5.09. The second-order valence-corrected chi connectivity index (χ2v) is 3.46. The first-order valence-electron chi connectivity index (χ1n) is 5.09. The highest BCUT2D eigenvalue weighted by Gasteiger charge is 2.09. The molecule has 0 bridgehead atoms. The molecule has 1 aromatic carbocycles. The van der Waals surface area contributed by atoms with Crippen molar-refractivity contribution in [2.45, 2.75) is 6.04 Å². The molecule has 0 aliphatic carbocycles. The number of amides is 1. The third kappa shape index (κ3) is 3.53. The Morgan fingerprint density at radius 1 is 1.35 bits per heavy atom. The number of hydrogen-bond acceptors (Lipinski definition) is 5. The van der Waals surface area contributed by atoms with Gasteiger partial charge in [-0.25, -0.2) is 0 Å². The van der Waals surface area contributed by atoms with Crippen molar-refractivity contribution in [1.29, 1.82) is 0 Å². The number of carbonyl (C=O) groups excluding carboxylic acids is 1. The van der Waals surface area contributed by atoms with Gasteiger partial charge in [-0.05, 0) is 12.1 Å². The highest BCUT2D eigenvalue weighted by Crippen LogP contribution is 2.29. The van der Waals surface area contributed by atoms with Crippen molar-refractivity contribution < 1.29 is 14.3 Å². The van der Waals surface area contributed by atoms with Gasteiger partial charge in [-0.2, -0.15) is 0 Å². The number of nitrogens with two attached hydrogens (primary N) is 2. The van der Waals surface area contributed by atoms with Crippen LogP contribution in [0.4, 0.5) is 5.69 Å². The summed E-state index contributed by atoms with van der Waals surface area (Å²) >= 11 is 0. The van der Waals surface area contributed by atoms with E-state index in [1.54, 1.807) is 32.4 Å². The predicted octanol–water partition coefficient (Wildman–Crippen LogP) is -0.0717. The van der Waals surface area contributed by atoms with E-state index in [9.17, 15) is 4.79 Å². The standard InChI is InChI=1S/C11H17N3O3/c1-16-9-4-3-7(5-10(9)17-2)14-6-8(12)11(13)15/h3-5,8,14H,6,12H2,1-2H3,(H2,13,15). The molecule has 6 heteroatoms. The zero-order valence-electron chi connectivity index (χ0n) is 9.90. The van der Waals surface area contributed by atoms with E-state index in [-0.39, 0.29) is 6.54 Å². The fraction of sp³-hybridized carbons (Fsp3) is 0.364. The highest BCUT2D eigenvalue weighted by molar-refractivity contribution is 5.80. The molecular weight excluding hydrogens is 222 g/mol. The molecule has 0 spiro atoms. The molecule has 1 unspecified atom stereocenters. The lowest BCUT2D eigenvalue weighted by Gasteiger charge is -2.13. The summed E-state index contributed by atoms with van der Waals surface area (Å²) in [7, 11) is 3.12. The van der Waals surface area contributed by atoms with Gasteiger partial charge in [0.2, 0.25) is 5.91 Å². The van der Waals surface area contributed by atoms with Crippen LogP contribution in [0.3, 0.4) is 0 Å². The van der Waals surface area contributed by atoms with E-state index in [2.05, 4.69) is 5.32 Å². The van der Waals surface area contributed by atoms with E-state index in [4.69, 9.17) is 20.9 Å². The molecule has 1 amide bonds. The summed E-state index contributed by atoms with van der Waals surface area (Å²) < 4.78 is 10.2. The fourth-order valence-electron chi connectivity index (χ4n) is 1.27. The minimum absolute atomic E-state index is 0.269. The number of hydrogen-bond donors (Lipinski definition) is 3. The van der Waals surface area contributed by atoms with Crippen molar-refractivity contribution in [3.05, 3.63) is 18.2 Å². The number of anilines is 1. The maximum atomic E-state index is 10.8. The van der Waals surface area contributed by atoms with Crippen molar-refractivity contribution in [2.75, 3.05) is 26.1 Å². The normalized spacial score (nSPS) is 11.7. The summed E-state index contributed by atoms with van der Waals surface area (Å²) in [6, 6.07) is 4.60. The molecule has 94 valence electrons. The van der Waals surface area contributed by atoms with Crippen LogP contribution in [0.25, 0.3) is 0 Å². The van der Waals surface area contributed by atoms with E-state index in [1.165, 1.54) is 0 Å².